The number of ketones is 1. The van der Waals surface area contributed by atoms with Crippen molar-refractivity contribution in [2.45, 2.75) is 149 Å². The highest BCUT2D eigenvalue weighted by Crippen LogP contribution is 2.49. The van der Waals surface area contributed by atoms with Crippen molar-refractivity contribution in [2.75, 3.05) is 153 Å². The van der Waals surface area contributed by atoms with Crippen molar-refractivity contribution in [3.63, 3.8) is 0 Å². The number of anilines is 4. The number of rotatable bonds is 32. The lowest BCUT2D eigenvalue weighted by molar-refractivity contribution is 0.0382. The predicted molar refractivity (Wildman–Crippen MR) is 599 cm³/mol. The number of phenolic OH excluding ortho intramolecular Hbond substituents is 1. The van der Waals surface area contributed by atoms with E-state index in [0.717, 1.165) is 163 Å². The van der Waals surface area contributed by atoms with Gasteiger partial charge in [0.25, 0.3) is 0 Å². The van der Waals surface area contributed by atoms with E-state index >= 15 is 9.59 Å². The Balaban J connectivity index is 0.676. The second-order valence-electron chi connectivity index (χ2n) is 43.9. The van der Waals surface area contributed by atoms with E-state index < -0.39 is 53.0 Å². The molecule has 4 saturated heterocycles. The number of aromatic hydroxyl groups is 1. The zero-order chi connectivity index (χ0) is 106. The van der Waals surface area contributed by atoms with E-state index in [1.54, 1.807) is 97.1 Å². The fourth-order valence-corrected chi connectivity index (χ4v) is 18.9. The molecule has 150 heavy (non-hydrogen) atoms. The molecule has 4 aliphatic heterocycles. The van der Waals surface area contributed by atoms with Crippen LogP contribution in [0.25, 0.3) is 18.2 Å². The van der Waals surface area contributed by atoms with Crippen LogP contribution in [-0.2, 0) is 62.3 Å². The lowest BCUT2D eigenvalue weighted by Crippen LogP contribution is -2.44. The second-order valence-corrected chi connectivity index (χ2v) is 43.9. The zero-order valence-electron chi connectivity index (χ0n) is 89.5. The fourth-order valence-electron chi connectivity index (χ4n) is 18.9. The van der Waals surface area contributed by atoms with E-state index in [0.29, 0.717) is 103 Å². The van der Waals surface area contributed by atoms with Crippen molar-refractivity contribution in [1.29, 1.82) is 0 Å². The minimum Gasteiger partial charge on any atom is -0.507 e. The van der Waals surface area contributed by atoms with Crippen LogP contribution >= 0.6 is 0 Å². The van der Waals surface area contributed by atoms with Crippen molar-refractivity contribution < 1.29 is 67.3 Å². The first kappa shape index (κ1) is 108. The molecule has 16 rings (SSSR count). The summed E-state index contributed by atoms with van der Waals surface area (Å²) in [6, 6.07) is 81.0. The number of aliphatic hydroxyl groups excluding tert-OH is 1. The molecule has 4 heterocycles. The molecular formula is C128H142N8O14. The summed E-state index contributed by atoms with van der Waals surface area (Å²) in [6.07, 6.45) is 6.96. The maximum Gasteiger partial charge on any atom is 0.346 e. The Hall–Kier alpha value is -14.8. The van der Waals surface area contributed by atoms with Gasteiger partial charge in [0.2, 0.25) is 0 Å². The molecule has 0 bridgehead atoms. The summed E-state index contributed by atoms with van der Waals surface area (Å²) < 4.78 is 46.4. The van der Waals surface area contributed by atoms with Crippen LogP contribution in [0.1, 0.15) is 237 Å². The van der Waals surface area contributed by atoms with E-state index in [-0.39, 0.29) is 44.6 Å². The number of piperazine rings is 4. The summed E-state index contributed by atoms with van der Waals surface area (Å²) >= 11 is 0. The van der Waals surface area contributed by atoms with Crippen molar-refractivity contribution in [2.24, 2.45) is 0 Å². The maximum absolute atomic E-state index is 15.3. The first-order chi connectivity index (χ1) is 71.8. The molecule has 4 fully saturated rings. The molecule has 22 nitrogen and oxygen atoms in total. The molecule has 3 unspecified atom stereocenters. The SMILES string of the molecule is CN1CCN(c2cc(C(=O)C=Cc3ccc(C(=O)OC(=O)c4ccc(C=CC(OC(=O)c5ccc(C#CC(OC(=O)c6ccc(C=CC(O)c7cc(N8CCN(C)CC8)c(OCc8ccccc8)c(C(C)(C)C)c7)cc6O)c6cc(N7CCN(C)CC7)c(OCc7ccccc7)c(C(C)(C)C)c6)cc5)c5cc(N6CCN(C)CC6)c(OCc6ccccc6)c(C(C)(C)C)c5)cc4)cc3)cc(C(C)(C)C)c2OCc2ccccc2)CC1. The number of phenols is 1. The number of hydrogen-bond donors (Lipinski definition) is 2. The quantitative estimate of drug-likeness (QED) is 0.0100. The van der Waals surface area contributed by atoms with Gasteiger partial charge < -0.3 is 82.6 Å². The van der Waals surface area contributed by atoms with Gasteiger partial charge in [-0.2, -0.15) is 0 Å². The Kier molecular flexibility index (Phi) is 34.7. The molecule has 12 aromatic carbocycles. The third-order valence-electron chi connectivity index (χ3n) is 28.1. The van der Waals surface area contributed by atoms with Gasteiger partial charge in [-0.1, -0.05) is 265 Å². The normalized spacial score (nSPS) is 15.5. The van der Waals surface area contributed by atoms with Gasteiger partial charge in [0.05, 0.1) is 45.5 Å². The number of hydrogen-bond acceptors (Lipinski definition) is 22. The smallest absolute Gasteiger partial charge is 0.346 e. The van der Waals surface area contributed by atoms with E-state index in [1.807, 2.05) is 158 Å². The van der Waals surface area contributed by atoms with Crippen molar-refractivity contribution in [3.05, 3.63) is 390 Å². The van der Waals surface area contributed by atoms with Gasteiger partial charge in [-0.05, 0) is 227 Å². The minimum absolute atomic E-state index is 0.105. The monoisotopic (exact) mass is 2020 g/mol. The van der Waals surface area contributed by atoms with Gasteiger partial charge >= 0.3 is 23.9 Å². The molecule has 12 aromatic rings. The average molecular weight is 2020 g/mol. The molecule has 0 radical (unpaired) electrons. The van der Waals surface area contributed by atoms with Crippen molar-refractivity contribution >= 4 is 70.6 Å². The number of nitrogens with zero attached hydrogens (tertiary/aromatic N) is 8. The molecule has 0 spiro atoms. The van der Waals surface area contributed by atoms with Gasteiger partial charge in [-0.3, -0.25) is 4.79 Å². The first-order valence-corrected chi connectivity index (χ1v) is 52.1. The molecule has 22 heteroatoms. The summed E-state index contributed by atoms with van der Waals surface area (Å²) in [7, 11) is 8.46. The number of ether oxygens (including phenoxy) is 7. The van der Waals surface area contributed by atoms with Crippen LogP contribution in [0.4, 0.5) is 22.7 Å². The molecule has 0 aromatic heterocycles. The fraction of sp³-hybridized carbons (Fsp3) is 0.336. The summed E-state index contributed by atoms with van der Waals surface area (Å²) in [5, 5.41) is 24.3. The number of carbonyl (C=O) groups excluding carboxylic acids is 5. The number of esters is 4. The first-order valence-electron chi connectivity index (χ1n) is 52.1. The van der Waals surface area contributed by atoms with Crippen LogP contribution in [0.5, 0.6) is 28.7 Å². The van der Waals surface area contributed by atoms with Crippen LogP contribution in [0.3, 0.4) is 0 Å². The lowest BCUT2D eigenvalue weighted by Gasteiger charge is -2.37. The number of benzene rings is 12. The molecular weight excluding hydrogens is 1870 g/mol. The van der Waals surface area contributed by atoms with E-state index in [4.69, 9.17) is 33.2 Å². The maximum atomic E-state index is 15.3. The Morgan fingerprint density at radius 1 is 0.333 bits per heavy atom. The zero-order valence-corrected chi connectivity index (χ0v) is 89.5. The number of carbonyl (C=O) groups is 5. The largest absolute Gasteiger partial charge is 0.507 e. The van der Waals surface area contributed by atoms with Crippen molar-refractivity contribution in [3.8, 4) is 40.6 Å². The van der Waals surface area contributed by atoms with Gasteiger partial charge in [-0.25, -0.2) is 19.2 Å². The topological polar surface area (TPSA) is 216 Å². The highest BCUT2D eigenvalue weighted by atomic mass is 16.6. The molecule has 0 amide bonds. The van der Waals surface area contributed by atoms with Crippen LogP contribution in [0.15, 0.2) is 279 Å². The summed E-state index contributed by atoms with van der Waals surface area (Å²) in [5.41, 5.74) is 14.6. The van der Waals surface area contributed by atoms with Gasteiger partial charge in [0.15, 0.2) is 11.9 Å². The molecule has 3 atom stereocenters. The number of aliphatic hydroxyl groups is 1. The Morgan fingerprint density at radius 3 is 1.06 bits per heavy atom. The van der Waals surface area contributed by atoms with Crippen LogP contribution in [-0.4, -0.2) is 192 Å². The van der Waals surface area contributed by atoms with Gasteiger partial charge in [-0.15, -0.1) is 0 Å². The molecule has 0 saturated carbocycles. The van der Waals surface area contributed by atoms with Crippen LogP contribution in [0.2, 0.25) is 0 Å². The summed E-state index contributed by atoms with van der Waals surface area (Å²) in [4.78, 5) is 91.1. The molecule has 0 aliphatic carbocycles. The Labute approximate surface area is 885 Å². The molecule has 2 N–H and O–H groups in total. The van der Waals surface area contributed by atoms with E-state index in [1.165, 1.54) is 18.2 Å². The number of allylic oxidation sites excluding steroid dienone is 1. The molecule has 4 aliphatic rings. The Bertz CT molecular complexity index is 6880. The lowest BCUT2D eigenvalue weighted by atomic mass is 9.83. The van der Waals surface area contributed by atoms with Crippen LogP contribution in [0, 0.1) is 11.8 Å². The van der Waals surface area contributed by atoms with Crippen LogP contribution < -0.4 is 38.5 Å². The Morgan fingerprint density at radius 2 is 0.667 bits per heavy atom. The number of likely N-dealkylation sites (N-methyl/N-ethyl adjacent to an activating group) is 4. The van der Waals surface area contributed by atoms with Gasteiger partial charge in [0.1, 0.15) is 66.8 Å². The minimum atomic E-state index is -1.25. The highest BCUT2D eigenvalue weighted by molar-refractivity contribution is 6.08. The van der Waals surface area contributed by atoms with Crippen molar-refractivity contribution in [1.82, 2.24) is 19.6 Å². The highest BCUT2D eigenvalue weighted by Gasteiger charge is 2.36. The molecule has 778 valence electrons. The summed E-state index contributed by atoms with van der Waals surface area (Å²) in [5.74, 6) is 5.94. The standard InChI is InChI=1S/C128H142N8O14/c1-125(2,3)104-76-99(80-108(133-67-59-129(13)60-68-133)117(104)144-84-92-29-21-17-22-30-92)112(137)55-44-88-37-50-97(51-38-88)122(141)150-123(142)98-52-41-90(42-53-98)46-57-115(101-78-106(127(7,8)9)119(146-86-94-33-25-19-26-34-94)110(82-101)135-71-63-131(15)64-72-135)148-121(140)96-48-39-89(40-49-96)47-58-116(102-79-107(128(10,11)12)120(147-87-95-35-27-20-28-36-95)111(83-102)136-73-65-132(16)66-74-136)149-124(143)103-54-43-91(75-114(103)139)45-56-113(138)100-77-105(126(4,5)6)118(145-85-93-31-23-18-24-32-93)109(81-100)134-69-61-130(14)62-70-134/h17-46,48-57,75-83,113,115-116,138-139H,59-74,84-87H2,1-16H3. The third-order valence-corrected chi connectivity index (χ3v) is 28.1. The van der Waals surface area contributed by atoms with E-state index in [2.05, 4.69) is 187 Å². The summed E-state index contributed by atoms with van der Waals surface area (Å²) in [6.45, 7) is 39.5. The third kappa shape index (κ3) is 28.0. The van der Waals surface area contributed by atoms with Gasteiger partial charge in [0, 0.05) is 144 Å². The predicted octanol–water partition coefficient (Wildman–Crippen LogP) is 23.1. The van der Waals surface area contributed by atoms with E-state index in [9.17, 15) is 24.6 Å². The second kappa shape index (κ2) is 48.2. The average Bonchev–Trinajstić information content (AvgIpc) is 0.776.